The SMILES string of the molecule is C[N+]1=C(/C=C/C=C2\N(CCCCC(=O)NCCCCCC(=O)NC(CCC(=O)NCc3cn(CCO[C@H]4O[C@H](CO)[C@@H](O)[C@H](O)[C@@H]4O)nn3)C(=O)NCCCCCC(=O)NC(CCC(=O)NCc3cn(CCO[C@H]4O[C@H](CO)[C@@H](O)[C@H](O)[C@@H]4O)nn3)C(=O)NCCCCCC(=O)NC(CCC(=O)NCc3cn(CCO[C@H]4O[C@H](CO)[C@@H](O)[C@H](O)[C@@H]4O)nn3)C(=O)NCC(N)=O)c3ccccc3C2(C)C)C(C)(C)c2ccccc21. The van der Waals surface area contributed by atoms with E-state index in [9.17, 15) is 114 Å². The van der Waals surface area contributed by atoms with Crippen molar-refractivity contribution in [2.24, 2.45) is 5.73 Å². The Morgan fingerprint density at radius 2 is 0.777 bits per heavy atom. The van der Waals surface area contributed by atoms with Gasteiger partial charge in [0.25, 0.3) is 0 Å². The van der Waals surface area contributed by atoms with Crippen molar-refractivity contribution < 1.29 is 147 Å². The lowest BCUT2D eigenvalue weighted by molar-refractivity contribution is -0.401. The quantitative estimate of drug-likeness (QED) is 0.0128. The Labute approximate surface area is 855 Å². The van der Waals surface area contributed by atoms with E-state index < -0.39 is 196 Å². The first kappa shape index (κ1) is 118. The van der Waals surface area contributed by atoms with Crippen LogP contribution in [0.15, 0.2) is 91.0 Å². The van der Waals surface area contributed by atoms with Crippen molar-refractivity contribution in [1.29, 1.82) is 0 Å². The van der Waals surface area contributed by atoms with Crippen molar-refractivity contribution in [2.45, 2.75) is 323 Å². The van der Waals surface area contributed by atoms with Crippen LogP contribution in [-0.4, -0.2) is 371 Å². The van der Waals surface area contributed by atoms with Crippen LogP contribution in [0.2, 0.25) is 0 Å². The summed E-state index contributed by atoms with van der Waals surface area (Å²) in [4.78, 5) is 149. The summed E-state index contributed by atoms with van der Waals surface area (Å²) < 4.78 is 39.1. The predicted molar refractivity (Wildman–Crippen MR) is 523 cm³/mol. The lowest BCUT2D eigenvalue weighted by Gasteiger charge is -2.39. The number of anilines is 1. The van der Waals surface area contributed by atoms with Crippen LogP contribution in [0.1, 0.15) is 191 Å². The smallest absolute Gasteiger partial charge is 0.243 e. The van der Waals surface area contributed by atoms with Crippen LogP contribution < -0.4 is 63.8 Å². The van der Waals surface area contributed by atoms with Crippen molar-refractivity contribution in [1.82, 2.24) is 98.1 Å². The number of hydrogen-bond donors (Lipinski definition) is 23. The standard InChI is InChI=1S/C97H146N22O29/c1-96(2)61-22-12-14-24-66(61)115(5)71(96)26-21-27-72-97(3,4)62-23-13-15-25-67(62)119(72)41-20-16-28-74(124)99-38-17-6-9-29-78(128)106-63(32-35-75(125)102-48-58-52-116(112-109-58)42-45-143-93-87(137)84(134)81(131)68(55-120)146-93)90(140)100-39-18-7-10-30-79(129)107-64(33-36-76(126)103-49-59-53-117(113-110-59)43-46-144-94-88(138)85(135)82(132)69(56-121)147-94)91(141)101-40-19-8-11-31-80(130)108-65(92(142)105-51-73(98)123)34-37-77(127)104-50-60-54-118(114-111-60)44-47-145-95-89(139)86(136)83(133)70(57-122)148-95/h12-15,21-27,52-54,63-65,68-70,81-89,93-95,120-122,131-139H,6-11,16-20,28-51,55-57H2,1-5H3,(H11-,98,99,100,101,102,103,104,105,106,107,108,123,124,125,126,127,128,129,130,140,141,142)/p+1/t63?,64?,65?,68-,69-,70-,81-,82-,83-,84+,85+,86+,87+,88+,89+,93+,94+,95+/m1/s1. The predicted octanol–water partition coefficient (Wildman–Crippen LogP) is -5.30. The fourth-order valence-electron chi connectivity index (χ4n) is 17.8. The molecule has 3 unspecified atom stereocenters. The maximum atomic E-state index is 14.0. The Morgan fingerprint density at radius 3 is 1.17 bits per heavy atom. The molecule has 818 valence electrons. The molecular weight excluding hydrogens is 1940 g/mol. The first-order valence-electron chi connectivity index (χ1n) is 50.4. The molecule has 11 amide bonds. The minimum Gasteiger partial charge on any atom is -0.394 e. The number of aliphatic hydroxyl groups is 12. The number of para-hydroxylation sites is 2. The summed E-state index contributed by atoms with van der Waals surface area (Å²) in [5, 5.41) is 172. The molecule has 51 heteroatoms. The first-order valence-corrected chi connectivity index (χ1v) is 50.4. The monoisotopic (exact) mass is 2080 g/mol. The Balaban J connectivity index is 0.675. The van der Waals surface area contributed by atoms with Gasteiger partial charge >= 0.3 is 0 Å². The summed E-state index contributed by atoms with van der Waals surface area (Å²) in [5.41, 5.74) is 13.0. The van der Waals surface area contributed by atoms with Crippen LogP contribution in [0.4, 0.5) is 11.4 Å². The van der Waals surface area contributed by atoms with Crippen molar-refractivity contribution in [2.75, 3.05) is 84.3 Å². The molecule has 51 nitrogen and oxygen atoms in total. The summed E-state index contributed by atoms with van der Waals surface area (Å²) in [5.74, 6) is -6.13. The van der Waals surface area contributed by atoms with Gasteiger partial charge in [0.1, 0.15) is 116 Å². The molecule has 24 N–H and O–H groups in total. The fraction of sp³-hybridized carbons (Fsp3) is 0.649. The Hall–Kier alpha value is -11.7. The van der Waals surface area contributed by atoms with Gasteiger partial charge in [0, 0.05) is 106 Å². The minimum absolute atomic E-state index is 0.0274. The van der Waals surface area contributed by atoms with E-state index in [4.69, 9.17) is 34.2 Å². The normalized spacial score (nSPS) is 23.2. The number of primary amides is 1. The van der Waals surface area contributed by atoms with Crippen molar-refractivity contribution >= 4 is 82.1 Å². The molecule has 10 rings (SSSR count). The molecule has 3 aromatic heterocycles. The number of nitrogens with zero attached hydrogens (tertiary/aromatic N) is 11. The molecule has 0 spiro atoms. The van der Waals surface area contributed by atoms with Gasteiger partial charge in [-0.3, -0.25) is 52.7 Å². The molecule has 0 bridgehead atoms. The van der Waals surface area contributed by atoms with Crippen LogP contribution in [0.25, 0.3) is 0 Å². The van der Waals surface area contributed by atoms with E-state index in [-0.39, 0.29) is 160 Å². The molecule has 5 aromatic rings. The number of carbonyl (C=O) groups is 11. The van der Waals surface area contributed by atoms with Gasteiger partial charge in [-0.2, -0.15) is 4.58 Å². The van der Waals surface area contributed by atoms with E-state index in [1.807, 2.05) is 6.07 Å². The molecule has 0 aliphatic carbocycles. The highest BCUT2D eigenvalue weighted by Crippen LogP contribution is 2.48. The summed E-state index contributed by atoms with van der Waals surface area (Å²) in [6.07, 6.45) is -7.31. The average molecular weight is 2090 g/mol. The second kappa shape index (κ2) is 59.0. The van der Waals surface area contributed by atoms with Gasteiger partial charge in [-0.05, 0) is 102 Å². The summed E-state index contributed by atoms with van der Waals surface area (Å²) in [7, 11) is 2.11. The van der Waals surface area contributed by atoms with E-state index in [1.54, 1.807) is 0 Å². The Morgan fingerprint density at radius 1 is 0.419 bits per heavy atom. The van der Waals surface area contributed by atoms with E-state index in [0.29, 0.717) is 88.0 Å². The van der Waals surface area contributed by atoms with Gasteiger partial charge < -0.3 is 154 Å². The van der Waals surface area contributed by atoms with Gasteiger partial charge in [-0.15, -0.1) is 15.3 Å². The highest BCUT2D eigenvalue weighted by molar-refractivity contribution is 6.03. The number of benzene rings is 2. The Kier molecular flexibility index (Phi) is 47.1. The number of carbonyl (C=O) groups excluding carboxylic acids is 11. The fourth-order valence-corrected chi connectivity index (χ4v) is 17.8. The van der Waals surface area contributed by atoms with E-state index in [1.165, 1.54) is 60.9 Å². The van der Waals surface area contributed by atoms with Gasteiger partial charge in [-0.1, -0.05) is 91.2 Å². The second-order valence-corrected chi connectivity index (χ2v) is 38.2. The molecule has 2 aromatic carbocycles. The number of nitrogens with one attached hydrogen (secondary N) is 10. The summed E-state index contributed by atoms with van der Waals surface area (Å²) in [6.45, 7) is 7.27. The number of hydrogen-bond acceptors (Lipinski definition) is 36. The molecule has 3 saturated heterocycles. The number of unbranched alkanes of at least 4 members (excludes halogenated alkanes) is 7. The lowest BCUT2D eigenvalue weighted by atomic mass is 9.81. The number of aromatic nitrogens is 9. The highest BCUT2D eigenvalue weighted by Gasteiger charge is 2.49. The summed E-state index contributed by atoms with van der Waals surface area (Å²) in [6, 6.07) is 13.2. The van der Waals surface area contributed by atoms with Gasteiger partial charge in [0.15, 0.2) is 24.6 Å². The Bertz CT molecular complexity index is 5240. The van der Waals surface area contributed by atoms with Crippen molar-refractivity contribution in [3.8, 4) is 0 Å². The average Bonchev–Trinajstić information content (AvgIpc) is 1.59. The molecule has 5 aliphatic rings. The zero-order valence-corrected chi connectivity index (χ0v) is 84.1. The maximum Gasteiger partial charge on any atom is 0.243 e. The van der Waals surface area contributed by atoms with Crippen molar-refractivity contribution in [3.63, 3.8) is 0 Å². The van der Waals surface area contributed by atoms with Crippen molar-refractivity contribution in [3.05, 3.63) is 119 Å². The molecule has 18 atom stereocenters. The topological polar surface area (TPSA) is 731 Å². The third kappa shape index (κ3) is 35.2. The van der Waals surface area contributed by atoms with E-state index in [2.05, 4.69) is 189 Å². The molecule has 8 heterocycles. The van der Waals surface area contributed by atoms with Gasteiger partial charge in [-0.25, -0.2) is 14.0 Å². The second-order valence-electron chi connectivity index (χ2n) is 38.2. The maximum absolute atomic E-state index is 14.0. The number of ether oxygens (including phenoxy) is 6. The first-order chi connectivity index (χ1) is 70.9. The van der Waals surface area contributed by atoms with Crippen LogP contribution in [0, 0.1) is 0 Å². The number of rotatable bonds is 63. The van der Waals surface area contributed by atoms with Gasteiger partial charge in [0.2, 0.25) is 70.7 Å². The molecule has 5 aliphatic heterocycles. The third-order valence-corrected chi connectivity index (χ3v) is 26.3. The van der Waals surface area contributed by atoms with E-state index >= 15 is 0 Å². The zero-order valence-electron chi connectivity index (χ0n) is 84.1. The lowest BCUT2D eigenvalue weighted by Crippen LogP contribution is -2.59. The summed E-state index contributed by atoms with van der Waals surface area (Å²) >= 11 is 0. The highest BCUT2D eigenvalue weighted by atomic mass is 16.7. The molecule has 148 heavy (non-hydrogen) atoms. The minimum atomic E-state index is -1.65. The number of allylic oxidation sites excluding steroid dienone is 4. The molecular formula is C97H147N22O29+. The third-order valence-electron chi connectivity index (χ3n) is 26.3. The number of aliphatic hydroxyl groups excluding tert-OH is 12. The van der Waals surface area contributed by atoms with Crippen LogP contribution in [-0.2, 0) is 131 Å². The van der Waals surface area contributed by atoms with Gasteiger partial charge in [0.05, 0.1) is 109 Å². The zero-order chi connectivity index (χ0) is 107. The van der Waals surface area contributed by atoms with Crippen LogP contribution in [0.5, 0.6) is 0 Å². The molecule has 3 fully saturated rings. The van der Waals surface area contributed by atoms with E-state index in [0.717, 1.165) is 12.1 Å². The van der Waals surface area contributed by atoms with Crippen LogP contribution >= 0.6 is 0 Å². The number of amides is 11. The largest absolute Gasteiger partial charge is 0.394 e. The molecule has 0 saturated carbocycles. The number of nitrogens with two attached hydrogens (primary N) is 1. The molecule has 0 radical (unpaired) electrons. The van der Waals surface area contributed by atoms with Crippen LogP contribution in [0.3, 0.4) is 0 Å². The number of fused-ring (bicyclic) bond motifs is 2.